The first-order valence-corrected chi connectivity index (χ1v) is 9.07. The molecule has 0 saturated carbocycles. The molecule has 2 rings (SSSR count). The standard InChI is InChI=1S/C21H28N2O3/c1-4-5-9-14-26-20-15-18(12-13-19(20)25-3)23-21(24)22-16(2)17-10-7-6-8-11-17/h6-8,10-13,15-16H,4-5,9,14H2,1-3H3,(H2,22,23,24)/t16-/m0/s1. The van der Waals surface area contributed by atoms with Crippen molar-refractivity contribution in [3.8, 4) is 11.5 Å². The van der Waals surface area contributed by atoms with E-state index in [0.717, 1.165) is 24.8 Å². The summed E-state index contributed by atoms with van der Waals surface area (Å²) < 4.78 is 11.1. The molecule has 0 aliphatic heterocycles. The summed E-state index contributed by atoms with van der Waals surface area (Å²) >= 11 is 0. The Balaban J connectivity index is 1.96. The van der Waals surface area contributed by atoms with Gasteiger partial charge in [-0.15, -0.1) is 0 Å². The van der Waals surface area contributed by atoms with Crippen molar-refractivity contribution >= 4 is 11.7 Å². The fourth-order valence-corrected chi connectivity index (χ4v) is 2.59. The number of amides is 2. The van der Waals surface area contributed by atoms with Crippen molar-refractivity contribution < 1.29 is 14.3 Å². The van der Waals surface area contributed by atoms with Crippen LogP contribution in [0.5, 0.6) is 11.5 Å². The summed E-state index contributed by atoms with van der Waals surface area (Å²) in [6, 6.07) is 14.9. The molecule has 5 heteroatoms. The summed E-state index contributed by atoms with van der Waals surface area (Å²) in [6.45, 7) is 4.73. The van der Waals surface area contributed by atoms with Gasteiger partial charge in [0.2, 0.25) is 0 Å². The minimum absolute atomic E-state index is 0.0841. The molecule has 0 unspecified atom stereocenters. The average molecular weight is 356 g/mol. The van der Waals surface area contributed by atoms with Crippen molar-refractivity contribution in [3.05, 3.63) is 54.1 Å². The van der Waals surface area contributed by atoms with Gasteiger partial charge in [0.1, 0.15) is 0 Å². The number of nitrogens with one attached hydrogen (secondary N) is 2. The van der Waals surface area contributed by atoms with Gasteiger partial charge in [0.25, 0.3) is 0 Å². The van der Waals surface area contributed by atoms with Crippen molar-refractivity contribution in [1.29, 1.82) is 0 Å². The van der Waals surface area contributed by atoms with Crippen LogP contribution in [0.4, 0.5) is 10.5 Å². The third-order valence-corrected chi connectivity index (χ3v) is 4.07. The summed E-state index contributed by atoms with van der Waals surface area (Å²) in [5.74, 6) is 1.29. The largest absolute Gasteiger partial charge is 0.493 e. The van der Waals surface area contributed by atoms with Gasteiger partial charge in [-0.1, -0.05) is 50.1 Å². The Kier molecular flexibility index (Phi) is 7.80. The van der Waals surface area contributed by atoms with Crippen LogP contribution < -0.4 is 20.1 Å². The monoisotopic (exact) mass is 356 g/mol. The van der Waals surface area contributed by atoms with Gasteiger partial charge in [-0.05, 0) is 31.0 Å². The lowest BCUT2D eigenvalue weighted by Crippen LogP contribution is -2.31. The highest BCUT2D eigenvalue weighted by molar-refractivity contribution is 5.89. The average Bonchev–Trinajstić information content (AvgIpc) is 2.66. The van der Waals surface area contributed by atoms with E-state index in [-0.39, 0.29) is 12.1 Å². The lowest BCUT2D eigenvalue weighted by Gasteiger charge is -2.16. The molecule has 2 N–H and O–H groups in total. The second-order valence-corrected chi connectivity index (χ2v) is 6.15. The maximum atomic E-state index is 12.3. The lowest BCUT2D eigenvalue weighted by atomic mass is 10.1. The number of rotatable bonds is 9. The molecule has 0 spiro atoms. The van der Waals surface area contributed by atoms with Gasteiger partial charge < -0.3 is 20.1 Å². The summed E-state index contributed by atoms with van der Waals surface area (Å²) in [5.41, 5.74) is 1.71. The second kappa shape index (κ2) is 10.3. The molecule has 0 aromatic heterocycles. The molecule has 140 valence electrons. The number of ether oxygens (including phenoxy) is 2. The molecule has 1 atom stereocenters. The molecular formula is C21H28N2O3. The van der Waals surface area contributed by atoms with Gasteiger partial charge in [0.05, 0.1) is 19.8 Å². The van der Waals surface area contributed by atoms with Gasteiger partial charge in [-0.25, -0.2) is 4.79 Å². The molecule has 0 fully saturated rings. The molecule has 0 saturated heterocycles. The lowest BCUT2D eigenvalue weighted by molar-refractivity contribution is 0.249. The molecule has 5 nitrogen and oxygen atoms in total. The van der Waals surface area contributed by atoms with Crippen LogP contribution in [0.3, 0.4) is 0 Å². The van der Waals surface area contributed by atoms with Crippen LogP contribution in [0.25, 0.3) is 0 Å². The van der Waals surface area contributed by atoms with Crippen LogP contribution >= 0.6 is 0 Å². The van der Waals surface area contributed by atoms with Crippen LogP contribution in [-0.4, -0.2) is 19.7 Å². The predicted molar refractivity (Wildman–Crippen MR) is 105 cm³/mol. The quantitative estimate of drug-likeness (QED) is 0.611. The number of hydrogen-bond acceptors (Lipinski definition) is 3. The van der Waals surface area contributed by atoms with Gasteiger partial charge in [0.15, 0.2) is 11.5 Å². The molecule has 0 aliphatic carbocycles. The summed E-state index contributed by atoms with van der Waals surface area (Å²) in [5, 5.41) is 5.78. The number of methoxy groups -OCH3 is 1. The number of anilines is 1. The Hall–Kier alpha value is -2.69. The van der Waals surface area contributed by atoms with Crippen molar-refractivity contribution in [3.63, 3.8) is 0 Å². The fraction of sp³-hybridized carbons (Fsp3) is 0.381. The van der Waals surface area contributed by atoms with Crippen molar-refractivity contribution in [2.45, 2.75) is 39.2 Å². The number of carbonyl (C=O) groups excluding carboxylic acids is 1. The number of carbonyl (C=O) groups is 1. The number of hydrogen-bond donors (Lipinski definition) is 2. The van der Waals surface area contributed by atoms with Crippen molar-refractivity contribution in [1.82, 2.24) is 5.32 Å². The smallest absolute Gasteiger partial charge is 0.319 e. The second-order valence-electron chi connectivity index (χ2n) is 6.15. The van der Waals surface area contributed by atoms with Crippen molar-refractivity contribution in [2.75, 3.05) is 19.0 Å². The zero-order valence-corrected chi connectivity index (χ0v) is 15.7. The summed E-state index contributed by atoms with van der Waals surface area (Å²) in [7, 11) is 1.61. The van der Waals surface area contributed by atoms with E-state index in [4.69, 9.17) is 9.47 Å². The third kappa shape index (κ3) is 5.99. The fourth-order valence-electron chi connectivity index (χ4n) is 2.59. The maximum Gasteiger partial charge on any atom is 0.319 e. The molecule has 2 amide bonds. The molecule has 2 aromatic rings. The zero-order chi connectivity index (χ0) is 18.8. The first kappa shape index (κ1) is 19.6. The highest BCUT2D eigenvalue weighted by Crippen LogP contribution is 2.30. The van der Waals surface area contributed by atoms with E-state index in [0.29, 0.717) is 23.8 Å². The van der Waals surface area contributed by atoms with E-state index in [1.165, 1.54) is 0 Å². The molecule has 0 radical (unpaired) electrons. The number of benzene rings is 2. The zero-order valence-electron chi connectivity index (χ0n) is 15.7. The predicted octanol–water partition coefficient (Wildman–Crippen LogP) is 5.15. The molecular weight excluding hydrogens is 328 g/mol. The SMILES string of the molecule is CCCCCOc1cc(NC(=O)N[C@@H](C)c2ccccc2)ccc1OC. The molecule has 26 heavy (non-hydrogen) atoms. The topological polar surface area (TPSA) is 59.6 Å². The first-order chi connectivity index (χ1) is 12.6. The van der Waals surface area contributed by atoms with Crippen LogP contribution in [-0.2, 0) is 0 Å². The molecule has 0 bridgehead atoms. The Labute approximate surface area is 155 Å². The maximum absolute atomic E-state index is 12.3. The summed E-state index contributed by atoms with van der Waals surface area (Å²) in [4.78, 5) is 12.3. The Morgan fingerprint density at radius 2 is 1.85 bits per heavy atom. The molecule has 0 heterocycles. The van der Waals surface area contributed by atoms with E-state index in [2.05, 4.69) is 17.6 Å². The van der Waals surface area contributed by atoms with Gasteiger partial charge in [-0.2, -0.15) is 0 Å². The van der Waals surface area contributed by atoms with E-state index in [9.17, 15) is 4.79 Å². The van der Waals surface area contributed by atoms with Gasteiger partial charge in [0, 0.05) is 11.8 Å². The van der Waals surface area contributed by atoms with E-state index in [1.807, 2.05) is 37.3 Å². The van der Waals surface area contributed by atoms with Crippen LogP contribution in [0.1, 0.15) is 44.7 Å². The number of unbranched alkanes of at least 4 members (excludes halogenated alkanes) is 2. The Bertz CT molecular complexity index is 689. The van der Waals surface area contributed by atoms with Gasteiger partial charge >= 0.3 is 6.03 Å². The van der Waals surface area contributed by atoms with E-state index >= 15 is 0 Å². The Morgan fingerprint density at radius 1 is 1.08 bits per heavy atom. The van der Waals surface area contributed by atoms with E-state index in [1.54, 1.807) is 25.3 Å². The number of urea groups is 1. The van der Waals surface area contributed by atoms with Crippen LogP contribution in [0.2, 0.25) is 0 Å². The minimum Gasteiger partial charge on any atom is -0.493 e. The molecule has 2 aromatic carbocycles. The highest BCUT2D eigenvalue weighted by Gasteiger charge is 2.11. The third-order valence-electron chi connectivity index (χ3n) is 4.07. The van der Waals surface area contributed by atoms with E-state index < -0.39 is 0 Å². The molecule has 0 aliphatic rings. The van der Waals surface area contributed by atoms with Gasteiger partial charge in [-0.3, -0.25) is 0 Å². The normalized spacial score (nSPS) is 11.5. The highest BCUT2D eigenvalue weighted by atomic mass is 16.5. The first-order valence-electron chi connectivity index (χ1n) is 9.07. The minimum atomic E-state index is -0.261. The Morgan fingerprint density at radius 3 is 2.54 bits per heavy atom. The summed E-state index contributed by atoms with van der Waals surface area (Å²) in [6.07, 6.45) is 3.26. The van der Waals surface area contributed by atoms with Crippen LogP contribution in [0, 0.1) is 0 Å². The van der Waals surface area contributed by atoms with Crippen LogP contribution in [0.15, 0.2) is 48.5 Å². The van der Waals surface area contributed by atoms with Crippen molar-refractivity contribution in [2.24, 2.45) is 0 Å².